The van der Waals surface area contributed by atoms with Crippen LogP contribution in [0.3, 0.4) is 0 Å². The third-order valence-corrected chi connectivity index (χ3v) is 0.967. The Labute approximate surface area is 51.9 Å². The van der Waals surface area contributed by atoms with E-state index in [0.717, 1.165) is 0 Å². The van der Waals surface area contributed by atoms with E-state index < -0.39 is 0 Å². The van der Waals surface area contributed by atoms with Crippen LogP contribution < -0.4 is 0 Å². The van der Waals surface area contributed by atoms with Gasteiger partial charge in [-0.25, -0.2) is 0 Å². The molecular formula is C5H4ClNO. The van der Waals surface area contributed by atoms with Crippen molar-refractivity contribution in [2.75, 3.05) is 6.54 Å². The molecule has 1 aliphatic heterocycles. The number of hydrogen-bond acceptors (Lipinski definition) is 2. The third-order valence-electron chi connectivity index (χ3n) is 0.761. The number of ketones is 1. The summed E-state index contributed by atoms with van der Waals surface area (Å²) in [6.45, 7) is 0.246. The molecule has 1 aliphatic rings. The van der Waals surface area contributed by atoms with Gasteiger partial charge >= 0.3 is 0 Å². The third kappa shape index (κ3) is 1.17. The van der Waals surface area contributed by atoms with Crippen molar-refractivity contribution in [3.8, 4) is 0 Å². The first-order chi connectivity index (χ1) is 3.79. The number of carbonyl (C=O) groups is 1. The molecule has 0 atom stereocenters. The first kappa shape index (κ1) is 5.51. The number of rotatable bonds is 0. The summed E-state index contributed by atoms with van der Waals surface area (Å²) in [6.07, 6.45) is 2.84. The van der Waals surface area contributed by atoms with E-state index in [0.29, 0.717) is 5.03 Å². The second-order valence-electron chi connectivity index (χ2n) is 1.47. The lowest BCUT2D eigenvalue weighted by atomic mass is 10.3. The molecule has 0 aromatic heterocycles. The van der Waals surface area contributed by atoms with E-state index in [-0.39, 0.29) is 12.3 Å². The Balaban J connectivity index is 2.77. The van der Waals surface area contributed by atoms with Gasteiger partial charge in [0.05, 0.1) is 5.03 Å². The van der Waals surface area contributed by atoms with Crippen LogP contribution in [0.5, 0.6) is 0 Å². The van der Waals surface area contributed by atoms with Gasteiger partial charge in [0.25, 0.3) is 0 Å². The lowest BCUT2D eigenvalue weighted by molar-refractivity contribution is -0.113. The summed E-state index contributed by atoms with van der Waals surface area (Å²) in [7, 11) is 0. The van der Waals surface area contributed by atoms with Gasteiger partial charge in [0, 0.05) is 12.3 Å². The molecule has 0 unspecified atom stereocenters. The molecule has 0 N–H and O–H groups in total. The van der Waals surface area contributed by atoms with Crippen molar-refractivity contribution < 1.29 is 4.79 Å². The molecule has 1 rings (SSSR count). The van der Waals surface area contributed by atoms with Crippen molar-refractivity contribution in [1.29, 1.82) is 0 Å². The maximum absolute atomic E-state index is 10.4. The molecule has 42 valence electrons. The lowest BCUT2D eigenvalue weighted by Gasteiger charge is -1.94. The van der Waals surface area contributed by atoms with Crippen molar-refractivity contribution in [3.05, 3.63) is 11.1 Å². The smallest absolute Gasteiger partial charge is 0.178 e. The molecule has 0 saturated carbocycles. The van der Waals surface area contributed by atoms with Gasteiger partial charge < -0.3 is 0 Å². The summed E-state index contributed by atoms with van der Waals surface area (Å²) in [4.78, 5) is 14.1. The Morgan fingerprint density at radius 3 is 2.88 bits per heavy atom. The summed E-state index contributed by atoms with van der Waals surface area (Å²) in [5.41, 5.74) is 0. The zero-order valence-corrected chi connectivity index (χ0v) is 4.85. The highest BCUT2D eigenvalue weighted by atomic mass is 35.5. The van der Waals surface area contributed by atoms with Crippen LogP contribution in [0.2, 0.25) is 0 Å². The second-order valence-corrected chi connectivity index (χ2v) is 1.90. The molecule has 0 aliphatic carbocycles. The van der Waals surface area contributed by atoms with Crippen molar-refractivity contribution >= 4 is 23.6 Å². The van der Waals surface area contributed by atoms with Crippen LogP contribution in [0, 0.1) is 0 Å². The zero-order valence-electron chi connectivity index (χ0n) is 4.10. The monoisotopic (exact) mass is 129 g/mol. The zero-order chi connectivity index (χ0) is 5.98. The Kier molecular flexibility index (Phi) is 1.44. The van der Waals surface area contributed by atoms with Gasteiger partial charge in [-0.1, -0.05) is 11.6 Å². The number of carbonyl (C=O) groups excluding carboxylic acids is 1. The summed E-state index contributed by atoms with van der Waals surface area (Å²) in [5.74, 6) is -0.0301. The van der Waals surface area contributed by atoms with Crippen molar-refractivity contribution in [3.63, 3.8) is 0 Å². The predicted octanol–water partition coefficient (Wildman–Crippen LogP) is 0.763. The van der Waals surface area contributed by atoms with E-state index in [2.05, 4.69) is 4.99 Å². The molecule has 0 spiro atoms. The minimum atomic E-state index is -0.0301. The van der Waals surface area contributed by atoms with Gasteiger partial charge in [-0.2, -0.15) is 0 Å². The van der Waals surface area contributed by atoms with Crippen LogP contribution in [0.15, 0.2) is 16.1 Å². The largest absolute Gasteiger partial charge is 0.293 e. The van der Waals surface area contributed by atoms with Gasteiger partial charge in [-0.05, 0) is 0 Å². The summed E-state index contributed by atoms with van der Waals surface area (Å²) >= 11 is 5.40. The van der Waals surface area contributed by atoms with Crippen molar-refractivity contribution in [1.82, 2.24) is 0 Å². The van der Waals surface area contributed by atoms with Gasteiger partial charge in [0.2, 0.25) is 0 Å². The maximum Gasteiger partial charge on any atom is 0.178 e. The minimum Gasteiger partial charge on any atom is -0.293 e. The number of aliphatic imine (C=N–C) groups is 1. The Morgan fingerprint density at radius 2 is 2.50 bits per heavy atom. The average Bonchev–Trinajstić information content (AvgIpc) is 1.64. The van der Waals surface area contributed by atoms with Crippen LogP contribution >= 0.6 is 11.6 Å². The average molecular weight is 130 g/mol. The lowest BCUT2D eigenvalue weighted by Crippen LogP contribution is -2.03. The second kappa shape index (κ2) is 2.09. The minimum absolute atomic E-state index is 0.0301. The fourth-order valence-electron chi connectivity index (χ4n) is 0.460. The van der Waals surface area contributed by atoms with E-state index in [1.807, 2.05) is 0 Å². The first-order valence-corrected chi connectivity index (χ1v) is 2.57. The molecule has 0 aromatic carbocycles. The number of allylic oxidation sites excluding steroid dienone is 1. The molecule has 0 aromatic rings. The normalized spacial score (nSPS) is 18.6. The van der Waals surface area contributed by atoms with E-state index in [1.165, 1.54) is 12.3 Å². The molecule has 3 heteroatoms. The van der Waals surface area contributed by atoms with Gasteiger partial charge in [-0.15, -0.1) is 0 Å². The van der Waals surface area contributed by atoms with Crippen molar-refractivity contribution in [2.45, 2.75) is 0 Å². The van der Waals surface area contributed by atoms with E-state index in [4.69, 9.17) is 11.6 Å². The number of hydrogen-bond donors (Lipinski definition) is 0. The number of dihydropyridines is 1. The predicted molar refractivity (Wildman–Crippen MR) is 32.3 cm³/mol. The Hall–Kier alpha value is -0.630. The highest BCUT2D eigenvalue weighted by Crippen LogP contribution is 2.01. The number of halogens is 1. The van der Waals surface area contributed by atoms with Gasteiger partial charge in [0.1, 0.15) is 6.54 Å². The maximum atomic E-state index is 10.4. The summed E-state index contributed by atoms with van der Waals surface area (Å²) < 4.78 is 0. The molecular weight excluding hydrogens is 126 g/mol. The van der Waals surface area contributed by atoms with E-state index in [1.54, 1.807) is 0 Å². The van der Waals surface area contributed by atoms with Gasteiger partial charge in [-0.3, -0.25) is 9.79 Å². The Morgan fingerprint density at radius 1 is 1.75 bits per heavy atom. The van der Waals surface area contributed by atoms with Crippen LogP contribution in [0.4, 0.5) is 0 Å². The summed E-state index contributed by atoms with van der Waals surface area (Å²) in [6, 6.07) is 0. The van der Waals surface area contributed by atoms with Crippen molar-refractivity contribution in [2.24, 2.45) is 4.99 Å². The van der Waals surface area contributed by atoms with Crippen LogP contribution in [0.25, 0.3) is 0 Å². The highest BCUT2D eigenvalue weighted by Gasteiger charge is 2.00. The highest BCUT2D eigenvalue weighted by molar-refractivity contribution is 6.41. The van der Waals surface area contributed by atoms with Crippen LogP contribution in [-0.4, -0.2) is 18.5 Å². The van der Waals surface area contributed by atoms with E-state index >= 15 is 0 Å². The quantitative estimate of drug-likeness (QED) is 0.475. The standard InChI is InChI=1S/C5H4ClNO/c6-4-1-5(8)3-7-2-4/h1-2H,3H2. The fourth-order valence-corrected chi connectivity index (χ4v) is 0.650. The molecule has 0 fully saturated rings. The van der Waals surface area contributed by atoms with Crippen LogP contribution in [-0.2, 0) is 4.79 Å². The Bertz CT molecular complexity index is 171. The molecule has 8 heavy (non-hydrogen) atoms. The molecule has 0 saturated heterocycles. The van der Waals surface area contributed by atoms with Gasteiger partial charge in [0.15, 0.2) is 5.78 Å². The fraction of sp³-hybridized carbons (Fsp3) is 0.200. The molecule has 0 bridgehead atoms. The molecule has 0 amide bonds. The topological polar surface area (TPSA) is 29.4 Å². The first-order valence-electron chi connectivity index (χ1n) is 2.19. The SMILES string of the molecule is O=C1C=C(Cl)C=NC1. The van der Waals surface area contributed by atoms with Crippen LogP contribution in [0.1, 0.15) is 0 Å². The molecule has 2 nitrogen and oxygen atoms in total. The van der Waals surface area contributed by atoms with E-state index in [9.17, 15) is 4.79 Å². The summed E-state index contributed by atoms with van der Waals surface area (Å²) in [5, 5.41) is 0.418. The number of nitrogens with zero attached hydrogens (tertiary/aromatic N) is 1. The molecule has 1 heterocycles. The molecule has 0 radical (unpaired) electrons.